The fourth-order valence-electron chi connectivity index (χ4n) is 7.64. The topological polar surface area (TPSA) is 95.9 Å². The predicted molar refractivity (Wildman–Crippen MR) is 282 cm³/mol. The molecule has 6 nitrogen and oxygen atoms in total. The second-order valence-corrected chi connectivity index (χ2v) is 18.0. The Morgan fingerprint density at radius 1 is 0.462 bits per heavy atom. The Kier molecular flexibility index (Phi) is 49.2. The molecular weight excluding hydrogens is 803 g/mol. The third-order valence-corrected chi connectivity index (χ3v) is 11.7. The molecule has 0 fully saturated rings. The van der Waals surface area contributed by atoms with Gasteiger partial charge in [-0.25, -0.2) is 0 Å². The number of aliphatic hydroxyl groups excluding tert-OH is 2. The van der Waals surface area contributed by atoms with Crippen LogP contribution in [0.15, 0.2) is 97.2 Å². The van der Waals surface area contributed by atoms with E-state index >= 15 is 0 Å². The van der Waals surface area contributed by atoms with Gasteiger partial charge in [0.05, 0.1) is 25.2 Å². The van der Waals surface area contributed by atoms with Gasteiger partial charge in [0.25, 0.3) is 0 Å². The normalized spacial score (nSPS) is 14.0. The first-order valence-electron chi connectivity index (χ1n) is 27.0. The largest absolute Gasteiger partial charge is 0.462 e. The van der Waals surface area contributed by atoms with Crippen molar-refractivity contribution in [2.75, 3.05) is 6.61 Å². The van der Waals surface area contributed by atoms with Gasteiger partial charge in [0.15, 0.2) is 0 Å². The predicted octanol–water partition coefficient (Wildman–Crippen LogP) is 16.5. The zero-order valence-electron chi connectivity index (χ0n) is 42.3. The van der Waals surface area contributed by atoms with E-state index in [0.717, 1.165) is 109 Å². The molecule has 0 aliphatic heterocycles. The summed E-state index contributed by atoms with van der Waals surface area (Å²) >= 11 is 0. The van der Waals surface area contributed by atoms with E-state index in [1.165, 1.54) is 83.5 Å². The van der Waals surface area contributed by atoms with Crippen LogP contribution in [0.4, 0.5) is 0 Å². The third-order valence-electron chi connectivity index (χ3n) is 11.7. The summed E-state index contributed by atoms with van der Waals surface area (Å²) in [6.45, 7) is 6.35. The Bertz CT molecular complexity index is 1290. The highest BCUT2D eigenvalue weighted by Crippen LogP contribution is 2.17. The number of carbonyl (C=O) groups is 2. The van der Waals surface area contributed by atoms with E-state index in [-0.39, 0.29) is 24.9 Å². The lowest BCUT2D eigenvalue weighted by Crippen LogP contribution is -2.46. The third kappa shape index (κ3) is 47.1. The average Bonchev–Trinajstić information content (AvgIpc) is 3.30. The van der Waals surface area contributed by atoms with Crippen LogP contribution < -0.4 is 5.32 Å². The smallest absolute Gasteiger partial charge is 0.306 e. The van der Waals surface area contributed by atoms with Crippen LogP contribution in [0.25, 0.3) is 0 Å². The molecule has 0 saturated carbocycles. The zero-order chi connectivity index (χ0) is 47.4. The van der Waals surface area contributed by atoms with Crippen LogP contribution in [0.3, 0.4) is 0 Å². The molecule has 65 heavy (non-hydrogen) atoms. The van der Waals surface area contributed by atoms with E-state index in [9.17, 15) is 19.8 Å². The quantitative estimate of drug-likeness (QED) is 0.0245. The van der Waals surface area contributed by atoms with Crippen molar-refractivity contribution in [2.45, 2.75) is 257 Å². The molecule has 3 atom stereocenters. The Morgan fingerprint density at radius 2 is 0.877 bits per heavy atom. The second kappa shape index (κ2) is 51.8. The summed E-state index contributed by atoms with van der Waals surface area (Å²) < 4.78 is 5.93. The Balaban J connectivity index is 4.71. The number of rotatable bonds is 47. The fourth-order valence-corrected chi connectivity index (χ4v) is 7.64. The molecule has 0 spiro atoms. The Labute approximate surface area is 401 Å². The first-order valence-corrected chi connectivity index (χ1v) is 27.0. The van der Waals surface area contributed by atoms with Crippen LogP contribution >= 0.6 is 0 Å². The molecule has 0 aromatic rings. The Hall–Kier alpha value is -3.22. The number of ether oxygens (including phenoxy) is 1. The number of hydrogen-bond acceptors (Lipinski definition) is 5. The molecule has 0 heterocycles. The molecule has 3 N–H and O–H groups in total. The number of esters is 1. The summed E-state index contributed by atoms with van der Waals surface area (Å²) in [5.41, 5.74) is 0. The number of aliphatic hydroxyl groups is 2. The highest BCUT2D eigenvalue weighted by atomic mass is 16.5. The lowest BCUT2D eigenvalue weighted by Gasteiger charge is -2.24. The molecule has 0 radical (unpaired) electrons. The van der Waals surface area contributed by atoms with Crippen molar-refractivity contribution < 1.29 is 24.5 Å². The highest BCUT2D eigenvalue weighted by Gasteiger charge is 2.24. The van der Waals surface area contributed by atoms with Crippen LogP contribution in [0.1, 0.15) is 239 Å². The Morgan fingerprint density at radius 3 is 1.42 bits per heavy atom. The minimum atomic E-state index is -0.804. The summed E-state index contributed by atoms with van der Waals surface area (Å²) in [7, 11) is 0. The van der Waals surface area contributed by atoms with Gasteiger partial charge in [0, 0.05) is 6.42 Å². The summed E-state index contributed by atoms with van der Waals surface area (Å²) in [6, 6.07) is -0.720. The lowest BCUT2D eigenvalue weighted by atomic mass is 10.0. The van der Waals surface area contributed by atoms with Crippen molar-refractivity contribution in [1.82, 2.24) is 5.32 Å². The summed E-state index contributed by atoms with van der Waals surface area (Å²) in [4.78, 5) is 26.2. The molecule has 0 saturated heterocycles. The van der Waals surface area contributed by atoms with Crippen LogP contribution in [0.5, 0.6) is 0 Å². The average molecular weight is 904 g/mol. The number of carbonyl (C=O) groups excluding carboxylic acids is 2. The van der Waals surface area contributed by atoms with E-state index in [1.807, 2.05) is 24.3 Å². The van der Waals surface area contributed by atoms with E-state index in [4.69, 9.17) is 4.74 Å². The fraction of sp³-hybridized carbons (Fsp3) is 0.695. The number of unbranched alkanes of at least 4 members (excludes halogenated alkanes) is 23. The zero-order valence-corrected chi connectivity index (χ0v) is 42.3. The van der Waals surface area contributed by atoms with Gasteiger partial charge in [-0.2, -0.15) is 0 Å². The van der Waals surface area contributed by atoms with Crippen LogP contribution in [0.2, 0.25) is 0 Å². The molecule has 0 rings (SSSR count). The minimum absolute atomic E-state index is 0.0467. The van der Waals surface area contributed by atoms with Crippen LogP contribution in [-0.4, -0.2) is 46.9 Å². The number of amides is 1. The van der Waals surface area contributed by atoms with E-state index in [2.05, 4.69) is 99.0 Å². The monoisotopic (exact) mass is 904 g/mol. The van der Waals surface area contributed by atoms with E-state index < -0.39 is 18.2 Å². The molecular formula is C59H101NO5. The van der Waals surface area contributed by atoms with Crippen molar-refractivity contribution in [3.8, 4) is 0 Å². The molecule has 0 aliphatic carbocycles. The summed E-state index contributed by atoms with van der Waals surface area (Å²) in [6.07, 6.45) is 68.8. The van der Waals surface area contributed by atoms with E-state index in [1.54, 1.807) is 0 Å². The first kappa shape index (κ1) is 61.8. The van der Waals surface area contributed by atoms with Gasteiger partial charge in [-0.1, -0.05) is 240 Å². The maximum Gasteiger partial charge on any atom is 0.306 e. The van der Waals surface area contributed by atoms with E-state index in [0.29, 0.717) is 19.3 Å². The molecule has 0 aromatic heterocycles. The van der Waals surface area contributed by atoms with Gasteiger partial charge in [-0.3, -0.25) is 9.59 Å². The maximum atomic E-state index is 13.2. The highest BCUT2D eigenvalue weighted by molar-refractivity contribution is 5.77. The summed E-state index contributed by atoms with van der Waals surface area (Å²) in [5, 5.41) is 23.8. The standard InChI is InChI=1S/C59H101NO5/c1-4-7-10-13-16-19-22-24-26-28-30-32-34-37-40-43-46-49-52-59(64)65-55(50-47-44-41-38-36-33-31-29-27-25-23-20-17-14-11-8-5-2)53-58(63)60-56(54-61)57(62)51-48-45-42-39-35-21-18-15-12-9-6-3/h10,13,16-17,19-20,22,24-28,30-33,55-57,61-62H,4-9,11-12,14-15,18,21,23,29,34-54H2,1-3H3,(H,60,63)/b13-10+,19-16+,20-17-,24-22+,27-25-,28-26+,32-30+,33-31-. The van der Waals surface area contributed by atoms with Gasteiger partial charge >= 0.3 is 5.97 Å². The molecule has 0 bridgehead atoms. The van der Waals surface area contributed by atoms with Gasteiger partial charge in [0.1, 0.15) is 6.10 Å². The number of allylic oxidation sites excluding steroid dienone is 16. The second-order valence-electron chi connectivity index (χ2n) is 18.0. The molecule has 0 aromatic carbocycles. The molecule has 372 valence electrons. The molecule has 1 amide bonds. The lowest BCUT2D eigenvalue weighted by molar-refractivity contribution is -0.151. The molecule has 3 unspecified atom stereocenters. The van der Waals surface area contributed by atoms with Crippen LogP contribution in [-0.2, 0) is 14.3 Å². The van der Waals surface area contributed by atoms with Gasteiger partial charge < -0.3 is 20.3 Å². The van der Waals surface area contributed by atoms with Crippen molar-refractivity contribution in [1.29, 1.82) is 0 Å². The van der Waals surface area contributed by atoms with Crippen LogP contribution in [0, 0.1) is 0 Å². The maximum absolute atomic E-state index is 13.2. The number of hydrogen-bond donors (Lipinski definition) is 3. The van der Waals surface area contributed by atoms with Crippen molar-refractivity contribution >= 4 is 11.9 Å². The van der Waals surface area contributed by atoms with Crippen molar-refractivity contribution in [3.05, 3.63) is 97.2 Å². The summed E-state index contributed by atoms with van der Waals surface area (Å²) in [5.74, 6) is -0.529. The molecule has 0 aliphatic rings. The first-order chi connectivity index (χ1) is 32.0. The molecule has 6 heteroatoms. The number of nitrogens with one attached hydrogen (secondary N) is 1. The van der Waals surface area contributed by atoms with Crippen molar-refractivity contribution in [2.24, 2.45) is 0 Å². The SMILES string of the molecule is CCC/C=C/C=C/C=C/C=C/C=C/CCCCCCCC(=O)OC(CCCCCC/C=C\C/C=C\C/C=C\CCCCC)CC(=O)NC(CO)C(O)CCCCCCCCCCCCC. The minimum Gasteiger partial charge on any atom is -0.462 e. The van der Waals surface area contributed by atoms with Gasteiger partial charge in [0.2, 0.25) is 5.91 Å². The van der Waals surface area contributed by atoms with Crippen molar-refractivity contribution in [3.63, 3.8) is 0 Å². The van der Waals surface area contributed by atoms with Gasteiger partial charge in [-0.05, 0) is 83.5 Å². The van der Waals surface area contributed by atoms with Gasteiger partial charge in [-0.15, -0.1) is 0 Å².